The zero-order valence-electron chi connectivity index (χ0n) is 18.2. The fourth-order valence-electron chi connectivity index (χ4n) is 2.62. The highest BCUT2D eigenvalue weighted by Crippen LogP contribution is 2.18. The quantitative estimate of drug-likeness (QED) is 0.255. The van der Waals surface area contributed by atoms with Crippen LogP contribution in [0.4, 0.5) is 0 Å². The van der Waals surface area contributed by atoms with E-state index in [0.717, 1.165) is 9.75 Å². The Morgan fingerprint density at radius 3 is 2.23 bits per heavy atom. The summed E-state index contributed by atoms with van der Waals surface area (Å²) in [7, 11) is 5.21. The largest absolute Gasteiger partial charge is 0.370 e. The van der Waals surface area contributed by atoms with Crippen molar-refractivity contribution in [3.8, 4) is 0 Å². The van der Waals surface area contributed by atoms with E-state index < -0.39 is 0 Å². The molecule has 2 rings (SSSR count). The molecule has 0 bridgehead atoms. The molecule has 0 fully saturated rings. The highest BCUT2D eigenvalue weighted by atomic mass is 32.1. The normalized spacial score (nSPS) is 11.7. The summed E-state index contributed by atoms with van der Waals surface area (Å²) in [5, 5.41) is 27.4. The smallest absolute Gasteiger partial charge is 0.200 e. The third-order valence-electron chi connectivity index (χ3n) is 4.06. The molecule has 10 nitrogen and oxygen atoms in total. The lowest BCUT2D eigenvalue weighted by molar-refractivity contribution is 0.492. The first-order valence-corrected chi connectivity index (χ1v) is 11.2. The van der Waals surface area contributed by atoms with Crippen LogP contribution in [0.2, 0.25) is 0 Å². The molecule has 2 aromatic heterocycles. The minimum atomic E-state index is -0.149. The SMILES string of the molecule is C/N=C(/NCc1ccc(C)s1)NC(=N)NCc1ccc(CN(C)/C(=N/C)NC(=N)N)s1. The maximum absolute atomic E-state index is 8.13. The Morgan fingerprint density at radius 1 is 0.968 bits per heavy atom. The zero-order valence-corrected chi connectivity index (χ0v) is 19.8. The molecule has 0 aromatic carbocycles. The molecule has 0 amide bonds. The van der Waals surface area contributed by atoms with Crippen molar-refractivity contribution in [2.45, 2.75) is 26.6 Å². The van der Waals surface area contributed by atoms with Gasteiger partial charge in [0.05, 0.1) is 19.6 Å². The van der Waals surface area contributed by atoms with Crippen molar-refractivity contribution in [3.63, 3.8) is 0 Å². The number of rotatable bonds is 6. The highest BCUT2D eigenvalue weighted by molar-refractivity contribution is 7.12. The summed E-state index contributed by atoms with van der Waals surface area (Å²) in [5.74, 6) is 1.10. The number of aliphatic imine (C=N–C) groups is 2. The summed E-state index contributed by atoms with van der Waals surface area (Å²) >= 11 is 3.38. The average molecular weight is 463 g/mol. The van der Waals surface area contributed by atoms with E-state index in [2.05, 4.69) is 50.3 Å². The van der Waals surface area contributed by atoms with Crippen molar-refractivity contribution < 1.29 is 0 Å². The molecule has 0 aliphatic heterocycles. The Labute approximate surface area is 190 Å². The van der Waals surface area contributed by atoms with Gasteiger partial charge in [-0.05, 0) is 31.2 Å². The van der Waals surface area contributed by atoms with Crippen molar-refractivity contribution >= 4 is 46.5 Å². The molecule has 12 heteroatoms. The lowest BCUT2D eigenvalue weighted by atomic mass is 10.4. The topological polar surface area (TPSA) is 150 Å². The number of hydrogen-bond donors (Lipinski definition) is 7. The van der Waals surface area contributed by atoms with E-state index >= 15 is 0 Å². The van der Waals surface area contributed by atoms with Gasteiger partial charge in [-0.3, -0.25) is 31.4 Å². The van der Waals surface area contributed by atoms with Gasteiger partial charge >= 0.3 is 0 Å². The minimum Gasteiger partial charge on any atom is -0.370 e. The zero-order chi connectivity index (χ0) is 22.8. The van der Waals surface area contributed by atoms with Gasteiger partial charge in [-0.2, -0.15) is 0 Å². The average Bonchev–Trinajstić information content (AvgIpc) is 3.35. The molecule has 2 heterocycles. The Bertz CT molecular complexity index is 943. The van der Waals surface area contributed by atoms with Crippen LogP contribution in [0.25, 0.3) is 0 Å². The van der Waals surface area contributed by atoms with Crippen LogP contribution in [0.1, 0.15) is 19.5 Å². The van der Waals surface area contributed by atoms with Gasteiger partial charge in [0.25, 0.3) is 0 Å². The second kappa shape index (κ2) is 11.9. The highest BCUT2D eigenvalue weighted by Gasteiger charge is 2.10. The van der Waals surface area contributed by atoms with Gasteiger partial charge in [-0.1, -0.05) is 0 Å². The molecule has 0 aliphatic rings. The first-order chi connectivity index (χ1) is 14.8. The third-order valence-corrected chi connectivity index (χ3v) is 6.13. The Balaban J connectivity index is 1.79. The number of guanidine groups is 4. The Morgan fingerprint density at radius 2 is 1.61 bits per heavy atom. The van der Waals surface area contributed by atoms with E-state index in [1.54, 1.807) is 36.8 Å². The van der Waals surface area contributed by atoms with Crippen molar-refractivity contribution in [2.75, 3.05) is 21.1 Å². The number of aryl methyl sites for hydroxylation is 1. The lowest BCUT2D eigenvalue weighted by Crippen LogP contribution is -2.45. The molecule has 0 atom stereocenters. The molecule has 0 radical (unpaired) electrons. The molecule has 0 saturated carbocycles. The first kappa shape index (κ1) is 24.2. The third kappa shape index (κ3) is 8.26. The van der Waals surface area contributed by atoms with Crippen molar-refractivity contribution in [3.05, 3.63) is 43.8 Å². The molecule has 168 valence electrons. The van der Waals surface area contributed by atoms with E-state index in [0.29, 0.717) is 31.6 Å². The van der Waals surface area contributed by atoms with Crippen LogP contribution in [0.5, 0.6) is 0 Å². The predicted octanol–water partition coefficient (Wildman–Crippen LogP) is 1.41. The number of nitrogens with zero attached hydrogens (tertiary/aromatic N) is 3. The van der Waals surface area contributed by atoms with E-state index in [-0.39, 0.29) is 11.9 Å². The van der Waals surface area contributed by atoms with Gasteiger partial charge < -0.3 is 21.3 Å². The van der Waals surface area contributed by atoms with Crippen LogP contribution >= 0.6 is 22.7 Å². The van der Waals surface area contributed by atoms with Gasteiger partial charge in [-0.25, -0.2) is 0 Å². The van der Waals surface area contributed by atoms with Crippen LogP contribution in [0.15, 0.2) is 34.3 Å². The maximum atomic E-state index is 8.13. The van der Waals surface area contributed by atoms with E-state index in [1.807, 2.05) is 24.1 Å². The first-order valence-electron chi connectivity index (χ1n) is 9.52. The monoisotopic (exact) mass is 462 g/mol. The molecule has 0 spiro atoms. The van der Waals surface area contributed by atoms with Crippen LogP contribution < -0.4 is 27.0 Å². The molecule has 0 saturated heterocycles. The van der Waals surface area contributed by atoms with Crippen molar-refractivity contribution in [1.82, 2.24) is 26.2 Å². The standard InChI is InChI=1S/C19H30N10S2/c1-12-5-6-13(30-12)10-26-18(23-2)28-17(22)25-9-14-7-8-15(31-14)11-29(4)19(24-3)27-16(20)21/h5-8H,9-11H2,1-4H3,(H4,20,21,24,27)(H4,22,23,25,26,28). The lowest BCUT2D eigenvalue weighted by Gasteiger charge is -2.20. The second-order valence-electron chi connectivity index (χ2n) is 6.60. The fraction of sp³-hybridized carbons (Fsp3) is 0.368. The van der Waals surface area contributed by atoms with Gasteiger partial charge in [0.15, 0.2) is 17.9 Å². The number of nitrogens with two attached hydrogens (primary N) is 1. The number of nitrogens with one attached hydrogen (secondary N) is 6. The fourth-order valence-corrected chi connectivity index (χ4v) is 4.46. The summed E-state index contributed by atoms with van der Waals surface area (Å²) in [6, 6.07) is 8.24. The van der Waals surface area contributed by atoms with Crippen LogP contribution in [-0.4, -0.2) is 49.9 Å². The van der Waals surface area contributed by atoms with Crippen molar-refractivity contribution in [2.24, 2.45) is 15.7 Å². The summed E-state index contributed by atoms with van der Waals surface area (Å²) in [5.41, 5.74) is 5.39. The second-order valence-corrected chi connectivity index (χ2v) is 9.23. The molecular weight excluding hydrogens is 432 g/mol. The minimum absolute atomic E-state index is 0.149. The Kier molecular flexibility index (Phi) is 9.28. The molecule has 8 N–H and O–H groups in total. The summed E-state index contributed by atoms with van der Waals surface area (Å²) in [6.07, 6.45) is 0. The number of hydrogen-bond acceptors (Lipinski definition) is 6. The van der Waals surface area contributed by atoms with Gasteiger partial charge in [0.2, 0.25) is 5.96 Å². The van der Waals surface area contributed by atoms with Crippen LogP contribution in [0, 0.1) is 17.7 Å². The summed E-state index contributed by atoms with van der Waals surface area (Å²) in [4.78, 5) is 14.9. The Hall–Kier alpha value is -3.12. The van der Waals surface area contributed by atoms with Gasteiger partial charge in [-0.15, -0.1) is 22.7 Å². The van der Waals surface area contributed by atoms with Crippen LogP contribution in [0.3, 0.4) is 0 Å². The molecule has 0 unspecified atom stereocenters. The van der Waals surface area contributed by atoms with Gasteiger partial charge in [0, 0.05) is 40.7 Å². The maximum Gasteiger partial charge on any atom is 0.200 e. The molecule has 2 aromatic rings. The molecule has 31 heavy (non-hydrogen) atoms. The van der Waals surface area contributed by atoms with E-state index in [4.69, 9.17) is 16.6 Å². The van der Waals surface area contributed by atoms with E-state index in [9.17, 15) is 0 Å². The van der Waals surface area contributed by atoms with Gasteiger partial charge in [0.1, 0.15) is 0 Å². The predicted molar refractivity (Wildman–Crippen MR) is 131 cm³/mol. The summed E-state index contributed by atoms with van der Waals surface area (Å²) in [6.45, 7) is 3.90. The molecular formula is C19H30N10S2. The van der Waals surface area contributed by atoms with E-state index in [1.165, 1.54) is 9.75 Å². The van der Waals surface area contributed by atoms with Crippen molar-refractivity contribution in [1.29, 1.82) is 10.8 Å². The molecule has 0 aliphatic carbocycles. The number of thiophene rings is 2. The van der Waals surface area contributed by atoms with Crippen LogP contribution in [-0.2, 0) is 19.6 Å². The summed E-state index contributed by atoms with van der Waals surface area (Å²) < 4.78 is 0.